The highest BCUT2D eigenvalue weighted by Gasteiger charge is 2.05. The van der Waals surface area contributed by atoms with Crippen molar-refractivity contribution in [3.8, 4) is 5.75 Å². The second kappa shape index (κ2) is 5.49. The van der Waals surface area contributed by atoms with Gasteiger partial charge in [0, 0.05) is 12.6 Å². The van der Waals surface area contributed by atoms with E-state index in [0.717, 1.165) is 17.9 Å². The smallest absolute Gasteiger partial charge is 0.127 e. The number of nitrogens with zero attached hydrogens (tertiary/aromatic N) is 1. The van der Waals surface area contributed by atoms with E-state index in [1.165, 1.54) is 16.3 Å². The predicted molar refractivity (Wildman–Crippen MR) is 84.7 cm³/mol. The quantitative estimate of drug-likeness (QED) is 0.785. The first-order valence-electron chi connectivity index (χ1n) is 7.09. The highest BCUT2D eigenvalue weighted by molar-refractivity contribution is 5.89. The van der Waals surface area contributed by atoms with Crippen molar-refractivity contribution < 1.29 is 4.74 Å². The largest absolute Gasteiger partial charge is 0.488 e. The molecule has 1 heterocycles. The van der Waals surface area contributed by atoms with Crippen molar-refractivity contribution >= 4 is 16.5 Å². The van der Waals surface area contributed by atoms with Crippen LogP contribution in [0.1, 0.15) is 31.7 Å². The summed E-state index contributed by atoms with van der Waals surface area (Å²) in [6.45, 7) is 5.00. The van der Waals surface area contributed by atoms with E-state index in [1.54, 1.807) is 0 Å². The zero-order valence-electron chi connectivity index (χ0n) is 12.0. The van der Waals surface area contributed by atoms with Crippen LogP contribution in [0.4, 0.5) is 0 Å². The minimum atomic E-state index is 0.544. The molecular weight excluding hydrogens is 246 g/mol. The van der Waals surface area contributed by atoms with Crippen LogP contribution in [-0.4, -0.2) is 12.3 Å². The Kier molecular flexibility index (Phi) is 3.55. The molecule has 0 radical (unpaired) electrons. The van der Waals surface area contributed by atoms with Gasteiger partial charge in [0.15, 0.2) is 0 Å². The predicted octanol–water partition coefficient (Wildman–Crippen LogP) is 4.70. The van der Waals surface area contributed by atoms with E-state index in [9.17, 15) is 0 Å². The molecule has 3 rings (SSSR count). The molecule has 0 amide bonds. The number of fused-ring (bicyclic) bond motifs is 1. The Morgan fingerprint density at radius 1 is 1.10 bits per heavy atom. The molecule has 0 unspecified atom stereocenters. The second-order valence-corrected chi connectivity index (χ2v) is 5.50. The number of hydrogen-bond donors (Lipinski definition) is 0. The summed E-state index contributed by atoms with van der Waals surface area (Å²) in [5, 5.41) is 2.49. The van der Waals surface area contributed by atoms with Gasteiger partial charge >= 0.3 is 0 Å². The second-order valence-electron chi connectivity index (χ2n) is 5.50. The molecule has 0 aromatic heterocycles. The fourth-order valence-corrected chi connectivity index (χ4v) is 2.35. The fourth-order valence-electron chi connectivity index (χ4n) is 2.35. The SMILES string of the molecule is CC(C)c1ccc2ccc(OCC3=NC=CC3)cc2c1. The van der Waals surface area contributed by atoms with Gasteiger partial charge in [-0.3, -0.25) is 4.99 Å². The molecule has 102 valence electrons. The van der Waals surface area contributed by atoms with Crippen molar-refractivity contribution in [1.29, 1.82) is 0 Å². The van der Waals surface area contributed by atoms with Gasteiger partial charge in [-0.25, -0.2) is 0 Å². The first-order chi connectivity index (χ1) is 9.72. The van der Waals surface area contributed by atoms with Crippen molar-refractivity contribution in [1.82, 2.24) is 0 Å². The molecule has 0 bridgehead atoms. The number of hydrogen-bond acceptors (Lipinski definition) is 2. The lowest BCUT2D eigenvalue weighted by Gasteiger charge is -2.10. The van der Waals surface area contributed by atoms with Crippen molar-refractivity contribution in [3.05, 3.63) is 54.2 Å². The zero-order chi connectivity index (χ0) is 13.9. The van der Waals surface area contributed by atoms with Crippen LogP contribution < -0.4 is 4.74 Å². The Morgan fingerprint density at radius 2 is 1.95 bits per heavy atom. The summed E-state index contributed by atoms with van der Waals surface area (Å²) in [6, 6.07) is 12.9. The maximum absolute atomic E-state index is 5.83. The molecule has 2 nitrogen and oxygen atoms in total. The van der Waals surface area contributed by atoms with Gasteiger partial charge in [-0.1, -0.05) is 44.2 Å². The Bertz CT molecular complexity index is 683. The number of allylic oxidation sites excluding steroid dienone is 1. The van der Waals surface area contributed by atoms with Crippen LogP contribution in [0.2, 0.25) is 0 Å². The van der Waals surface area contributed by atoms with E-state index < -0.39 is 0 Å². The standard InChI is InChI=1S/C18H19NO/c1-13(2)15-6-5-14-7-8-18(11-16(14)10-15)20-12-17-4-3-9-19-17/h3,5-11,13H,4,12H2,1-2H3. The van der Waals surface area contributed by atoms with Crippen LogP contribution in [0.25, 0.3) is 10.8 Å². The first-order valence-corrected chi connectivity index (χ1v) is 7.09. The summed E-state index contributed by atoms with van der Waals surface area (Å²) >= 11 is 0. The van der Waals surface area contributed by atoms with Crippen molar-refractivity contribution in [2.45, 2.75) is 26.2 Å². The molecule has 2 heteroatoms. The van der Waals surface area contributed by atoms with Gasteiger partial charge < -0.3 is 4.74 Å². The monoisotopic (exact) mass is 265 g/mol. The lowest BCUT2D eigenvalue weighted by molar-refractivity contribution is 0.376. The van der Waals surface area contributed by atoms with Gasteiger partial charge in [0.25, 0.3) is 0 Å². The summed E-state index contributed by atoms with van der Waals surface area (Å²) < 4.78 is 5.83. The number of ether oxygens (including phenoxy) is 1. The third-order valence-electron chi connectivity index (χ3n) is 3.62. The van der Waals surface area contributed by atoms with E-state index in [1.807, 2.05) is 18.3 Å². The van der Waals surface area contributed by atoms with Crippen LogP contribution in [0, 0.1) is 0 Å². The van der Waals surface area contributed by atoms with Crippen molar-refractivity contribution in [2.24, 2.45) is 4.99 Å². The number of aliphatic imine (C=N–C) groups is 1. The van der Waals surface area contributed by atoms with E-state index in [0.29, 0.717) is 12.5 Å². The molecule has 0 N–H and O–H groups in total. The fraction of sp³-hybridized carbons (Fsp3) is 0.278. The molecule has 0 spiro atoms. The normalized spacial score (nSPS) is 14.1. The molecule has 1 aliphatic rings. The van der Waals surface area contributed by atoms with Crippen molar-refractivity contribution in [2.75, 3.05) is 6.61 Å². The minimum Gasteiger partial charge on any atom is -0.488 e. The van der Waals surface area contributed by atoms with Crippen LogP contribution in [0.3, 0.4) is 0 Å². The minimum absolute atomic E-state index is 0.544. The van der Waals surface area contributed by atoms with E-state index in [2.05, 4.69) is 49.2 Å². The zero-order valence-corrected chi connectivity index (χ0v) is 12.0. The van der Waals surface area contributed by atoms with Crippen LogP contribution in [-0.2, 0) is 0 Å². The summed E-state index contributed by atoms with van der Waals surface area (Å²) in [4.78, 5) is 4.26. The topological polar surface area (TPSA) is 21.6 Å². The van der Waals surface area contributed by atoms with E-state index in [-0.39, 0.29) is 0 Å². The van der Waals surface area contributed by atoms with Crippen LogP contribution in [0.5, 0.6) is 5.75 Å². The van der Waals surface area contributed by atoms with Gasteiger partial charge in [-0.05, 0) is 34.4 Å². The summed E-state index contributed by atoms with van der Waals surface area (Å²) in [6.07, 6.45) is 4.80. The Balaban J connectivity index is 1.81. The molecule has 2 aromatic rings. The van der Waals surface area contributed by atoms with Gasteiger partial charge in [0.05, 0.1) is 5.71 Å². The summed E-state index contributed by atoms with van der Waals surface area (Å²) in [5.41, 5.74) is 2.44. The molecular formula is C18H19NO. The molecule has 2 aromatic carbocycles. The van der Waals surface area contributed by atoms with Crippen LogP contribution >= 0.6 is 0 Å². The number of rotatable bonds is 4. The summed E-state index contributed by atoms with van der Waals surface area (Å²) in [5.74, 6) is 1.45. The first kappa shape index (κ1) is 12.9. The molecule has 0 fully saturated rings. The highest BCUT2D eigenvalue weighted by Crippen LogP contribution is 2.25. The molecule has 0 aliphatic carbocycles. The van der Waals surface area contributed by atoms with E-state index >= 15 is 0 Å². The maximum atomic E-state index is 5.83. The van der Waals surface area contributed by atoms with Gasteiger partial charge in [-0.15, -0.1) is 0 Å². The maximum Gasteiger partial charge on any atom is 0.127 e. The lowest BCUT2D eigenvalue weighted by Crippen LogP contribution is -2.08. The highest BCUT2D eigenvalue weighted by atomic mass is 16.5. The Labute approximate surface area is 119 Å². The number of benzene rings is 2. The third-order valence-corrected chi connectivity index (χ3v) is 3.62. The Hall–Kier alpha value is -2.09. The molecule has 20 heavy (non-hydrogen) atoms. The molecule has 0 saturated heterocycles. The molecule has 1 aliphatic heterocycles. The van der Waals surface area contributed by atoms with Gasteiger partial charge in [-0.2, -0.15) is 0 Å². The van der Waals surface area contributed by atoms with Crippen LogP contribution in [0.15, 0.2) is 53.7 Å². The molecule has 0 atom stereocenters. The Morgan fingerprint density at radius 3 is 2.70 bits per heavy atom. The third kappa shape index (κ3) is 2.74. The van der Waals surface area contributed by atoms with Gasteiger partial charge in [0.2, 0.25) is 0 Å². The average molecular weight is 265 g/mol. The van der Waals surface area contributed by atoms with E-state index in [4.69, 9.17) is 4.74 Å². The average Bonchev–Trinajstić information content (AvgIpc) is 2.97. The lowest BCUT2D eigenvalue weighted by atomic mass is 9.99. The molecule has 0 saturated carbocycles. The van der Waals surface area contributed by atoms with Crippen molar-refractivity contribution in [3.63, 3.8) is 0 Å². The summed E-state index contributed by atoms with van der Waals surface area (Å²) in [7, 11) is 0. The van der Waals surface area contributed by atoms with Gasteiger partial charge in [0.1, 0.15) is 12.4 Å².